The summed E-state index contributed by atoms with van der Waals surface area (Å²) in [5.41, 5.74) is 13.8. The van der Waals surface area contributed by atoms with E-state index in [2.05, 4.69) is 86.6 Å². The Balaban J connectivity index is 0.000000368. The van der Waals surface area contributed by atoms with Crippen LogP contribution in [0.5, 0.6) is 0 Å². The molecule has 20 heteroatoms. The van der Waals surface area contributed by atoms with E-state index in [4.69, 9.17) is 30.8 Å². The van der Waals surface area contributed by atoms with E-state index in [0.29, 0.717) is 18.4 Å². The summed E-state index contributed by atoms with van der Waals surface area (Å²) in [6, 6.07) is 59.2. The van der Waals surface area contributed by atoms with Crippen molar-refractivity contribution in [2.75, 3.05) is 76.0 Å². The predicted molar refractivity (Wildman–Crippen MR) is 343 cm³/mol. The third kappa shape index (κ3) is 26.9. The van der Waals surface area contributed by atoms with Gasteiger partial charge in [-0.3, -0.25) is 34.6 Å². The Bertz CT molecular complexity index is 3360. The monoisotopic (exact) mass is 1280 g/mol. The Hall–Kier alpha value is -8.69. The van der Waals surface area contributed by atoms with Gasteiger partial charge in [-0.05, 0) is 119 Å². The van der Waals surface area contributed by atoms with Gasteiger partial charge in [-0.1, -0.05) is 132 Å². The second kappa shape index (κ2) is 38.3. The first-order chi connectivity index (χ1) is 40.4. The van der Waals surface area contributed by atoms with Gasteiger partial charge in [0.15, 0.2) is 11.6 Å². The van der Waals surface area contributed by atoms with Crippen LogP contribution in [0.15, 0.2) is 194 Å². The van der Waals surface area contributed by atoms with Crippen molar-refractivity contribution in [1.82, 2.24) is 0 Å². The fourth-order valence-electron chi connectivity index (χ4n) is 7.50. The molecule has 0 bridgehead atoms. The summed E-state index contributed by atoms with van der Waals surface area (Å²) in [6.45, 7) is 4.13. The van der Waals surface area contributed by atoms with Crippen molar-refractivity contribution >= 4 is 87.3 Å². The normalized spacial score (nSPS) is 9.90. The first-order valence-electron chi connectivity index (χ1n) is 26.5. The van der Waals surface area contributed by atoms with Crippen molar-refractivity contribution < 1.29 is 63.8 Å². The first-order valence-corrected chi connectivity index (χ1v) is 26.9. The summed E-state index contributed by atoms with van der Waals surface area (Å²) >= 11 is 5.27. The van der Waals surface area contributed by atoms with Gasteiger partial charge >= 0.3 is 7.12 Å². The van der Waals surface area contributed by atoms with Gasteiger partial charge in [0, 0.05) is 163 Å². The standard InChI is InChI=1S/C17H19NO.C17H19N.C16H16N2O3.C10H12ClNO.C6H6BNO4.F2.Pd/c1-13-4-8-15(9-5-13)17(19)12-14-6-10-16(11-7-14)18(2)3;1-14-4-6-15(7-5-14)8-9-16-10-12-17(13-11-16)18(2)3;1-17(2)14-7-3-12(4-8-14)11-16(19)13-5-9-15(10-6-13)18(20)21;1-12(2)9-5-3-8(4-6-9)7-10(11)13;9-7(10)5-1-3-6(4-2-5)8(11)12;1-2;/h4-11H,12H2,1-3H3;4-13H,1-3H3;3-10H,11H2,1-2H3;3-6H,7H2,1-2H3;1-4,9-10H;;/b;9-8+;;;;;/i;;;;;1-1;. The Morgan fingerprint density at radius 2 is 0.698 bits per heavy atom. The molecule has 15 nitrogen and oxygen atoms in total. The quantitative estimate of drug-likeness (QED) is 0.0219. The fraction of sp³-hybridized carbons (Fsp3) is 0.197. The maximum Gasteiger partial charge on any atom is 0.488 e. The van der Waals surface area contributed by atoms with Gasteiger partial charge < -0.3 is 29.6 Å². The van der Waals surface area contributed by atoms with Crippen molar-refractivity contribution in [3.8, 4) is 0 Å². The van der Waals surface area contributed by atoms with Crippen LogP contribution in [-0.4, -0.2) is 100 Å². The summed E-state index contributed by atoms with van der Waals surface area (Å²) in [5.74, 6) is 0.111. The maximum atomic E-state index is 12.1. The van der Waals surface area contributed by atoms with Crippen LogP contribution in [-0.2, 0) is 44.5 Å². The number of non-ortho nitro benzene ring substituents is 2. The summed E-state index contributed by atoms with van der Waals surface area (Å²) in [6.07, 6.45) is 5.33. The summed E-state index contributed by atoms with van der Waals surface area (Å²) < 4.78 is 16.0. The zero-order valence-corrected chi connectivity index (χ0v) is 52.0. The molecule has 454 valence electrons. The van der Waals surface area contributed by atoms with Gasteiger partial charge in [0.05, 0.1) is 9.85 Å². The number of carbonyl (C=O) groups is 3. The maximum absolute atomic E-state index is 12.1. The van der Waals surface area contributed by atoms with Gasteiger partial charge in [-0.25, -0.2) is 0 Å². The van der Waals surface area contributed by atoms with Crippen LogP contribution < -0.4 is 25.1 Å². The molecule has 0 aliphatic heterocycles. The van der Waals surface area contributed by atoms with Crippen LogP contribution in [0.3, 0.4) is 0 Å². The molecule has 0 fully saturated rings. The molecule has 8 aromatic rings. The molecule has 86 heavy (non-hydrogen) atoms. The van der Waals surface area contributed by atoms with Crippen LogP contribution in [0.1, 0.15) is 59.7 Å². The van der Waals surface area contributed by atoms with Crippen LogP contribution in [0, 0.1) is 34.1 Å². The number of aryl methyl sites for hydroxylation is 2. The molecule has 0 unspecified atom stereocenters. The molecule has 8 aromatic carbocycles. The van der Waals surface area contributed by atoms with Crippen molar-refractivity contribution in [1.29, 1.82) is 0 Å². The van der Waals surface area contributed by atoms with E-state index in [1.807, 2.05) is 161 Å². The minimum Gasteiger partial charge on any atom is -0.423 e. The number of hydrogen-bond donors (Lipinski definition) is 2. The minimum absolute atomic E-state index is 0. The number of rotatable bonds is 17. The number of halogens is 3. The molecule has 0 saturated heterocycles. The molecule has 0 heterocycles. The number of benzene rings is 8. The summed E-state index contributed by atoms with van der Waals surface area (Å²) in [7, 11) is 14.4. The van der Waals surface area contributed by atoms with E-state index in [1.165, 1.54) is 76.5 Å². The summed E-state index contributed by atoms with van der Waals surface area (Å²) in [5, 5.41) is 37.7. The summed E-state index contributed by atoms with van der Waals surface area (Å²) in [4.78, 5) is 62.7. The number of Topliss-reactive ketones (excluding diaryl/α,β-unsaturated/α-hetero) is 2. The number of nitrogens with zero attached hydrogens (tertiary/aromatic N) is 6. The average Bonchev–Trinajstić information content (AvgIpc) is 3.70. The first kappa shape index (κ1) is 73.4. The number of nitro groups is 2. The predicted octanol–water partition coefficient (Wildman–Crippen LogP) is 13.0. The third-order valence-corrected chi connectivity index (χ3v) is 12.7. The minimum atomic E-state index is -1.58. The van der Waals surface area contributed by atoms with Crippen LogP contribution in [0.2, 0.25) is 0 Å². The number of nitro benzene ring substituents is 2. The Labute approximate surface area is 521 Å². The number of hydrogen-bond acceptors (Lipinski definition) is 13. The van der Waals surface area contributed by atoms with Crippen molar-refractivity contribution in [3.63, 3.8) is 0 Å². The average molecular weight is 1280 g/mol. The zero-order chi connectivity index (χ0) is 63.2. The van der Waals surface area contributed by atoms with E-state index in [1.54, 1.807) is 0 Å². The van der Waals surface area contributed by atoms with Gasteiger partial charge in [0.25, 0.3) is 11.4 Å². The second-order valence-corrected chi connectivity index (χ2v) is 20.5. The van der Waals surface area contributed by atoms with E-state index in [0.717, 1.165) is 39.3 Å². The van der Waals surface area contributed by atoms with Crippen LogP contribution >= 0.6 is 11.6 Å². The molecule has 2 N–H and O–H groups in total. The molecule has 0 aliphatic carbocycles. The fourth-order valence-corrected chi connectivity index (χ4v) is 7.66. The largest absolute Gasteiger partial charge is 0.488 e. The molecular weight excluding hydrogens is 1210 g/mol. The number of ketones is 2. The zero-order valence-electron chi connectivity index (χ0n) is 49.7. The number of anilines is 4. The molecule has 0 aromatic heterocycles. The Morgan fingerprint density at radius 1 is 0.442 bits per heavy atom. The molecule has 0 aliphatic rings. The Kier molecular flexibility index (Phi) is 32.7. The van der Waals surface area contributed by atoms with Crippen molar-refractivity contribution in [3.05, 3.63) is 264 Å². The van der Waals surface area contributed by atoms with Gasteiger partial charge in [0.1, 0.15) is 0 Å². The molecule has 8 rings (SSSR count). The molecule has 0 radical (unpaired) electrons. The molecule has 0 amide bonds. The van der Waals surface area contributed by atoms with E-state index in [-0.39, 0.29) is 60.5 Å². The molecule has 0 saturated carbocycles. The van der Waals surface area contributed by atoms with E-state index >= 15 is 0 Å². The van der Waals surface area contributed by atoms with Gasteiger partial charge in [0.2, 0.25) is 5.24 Å². The van der Waals surface area contributed by atoms with Crippen LogP contribution in [0.25, 0.3) is 12.2 Å². The van der Waals surface area contributed by atoms with Gasteiger partial charge in [-0.15, -0.1) is 0 Å². The Morgan fingerprint density at radius 3 is 0.977 bits per heavy atom. The smallest absolute Gasteiger partial charge is 0.423 e. The molecule has 0 atom stereocenters. The number of carbonyl (C=O) groups excluding carboxylic acids is 3. The molecular formula is C66H72BClF2N6O9Pd. The second-order valence-electron chi connectivity index (χ2n) is 20.0. The SMILES string of the molecule is CN(C)c1ccc(CC(=O)Cl)cc1.CN(C)c1ccc(CC(=O)c2ccc([N+](=O)[O-])cc2)cc1.Cc1ccc(/C=C/c2ccc(N(C)C)cc2)cc1.Cc1ccc(C(=O)Cc2ccc(N(C)C)cc2)cc1.F[18F].O=[N+]([O-])c1ccc(B(O)O)cc1.[Pd]. The van der Waals surface area contributed by atoms with E-state index < -0.39 is 17.0 Å². The van der Waals surface area contributed by atoms with Crippen molar-refractivity contribution in [2.24, 2.45) is 0 Å². The van der Waals surface area contributed by atoms with Crippen molar-refractivity contribution in [2.45, 2.75) is 33.1 Å². The third-order valence-electron chi connectivity index (χ3n) is 12.6. The van der Waals surface area contributed by atoms with Crippen LogP contribution in [0.4, 0.5) is 43.3 Å². The van der Waals surface area contributed by atoms with E-state index in [9.17, 15) is 34.6 Å². The topological polar surface area (TPSA) is 191 Å². The van der Waals surface area contributed by atoms with Gasteiger partial charge in [-0.2, -0.15) is 0 Å². The molecule has 0 spiro atoms.